The fraction of sp³-hybridized carbons (Fsp3) is 0.857. The van der Waals surface area contributed by atoms with E-state index >= 15 is 0 Å². The Morgan fingerprint density at radius 1 is 0.611 bits per heavy atom. The fourth-order valence-corrected chi connectivity index (χ4v) is 1.60. The van der Waals surface area contributed by atoms with E-state index in [1.165, 1.54) is 0 Å². The van der Waals surface area contributed by atoms with Crippen molar-refractivity contribution < 1.29 is 10.4 Å². The van der Waals surface area contributed by atoms with Crippen molar-refractivity contribution in [3.05, 3.63) is 0 Å². The summed E-state index contributed by atoms with van der Waals surface area (Å²) in [7, 11) is 0. The average Bonchev–Trinajstić information content (AvgIpc) is 2.39. The molecule has 0 aromatic rings. The second-order valence-electron chi connectivity index (χ2n) is 4.33. The van der Waals surface area contributed by atoms with Crippen LogP contribution in [0.1, 0.15) is 79.1 Å². The van der Waals surface area contributed by atoms with Crippen molar-refractivity contribution in [2.24, 2.45) is 10.3 Å². The molecule has 0 aromatic heterocycles. The molecule has 4 nitrogen and oxygen atoms in total. The topological polar surface area (TPSA) is 65.2 Å². The standard InChI is InChI=1S/2C7H15NO/c2*1-3-5-7(8-9)6-4-2/h2*9H,3-6H2,1-2H3. The molecular weight excluding hydrogens is 228 g/mol. The zero-order chi connectivity index (χ0) is 14.2. The number of nitrogens with zero attached hydrogens (tertiary/aromatic N) is 2. The lowest BCUT2D eigenvalue weighted by molar-refractivity contribution is 0.315. The van der Waals surface area contributed by atoms with Crippen LogP contribution in [0.25, 0.3) is 0 Å². The van der Waals surface area contributed by atoms with Gasteiger partial charge in [0.05, 0.1) is 11.4 Å². The molecule has 0 atom stereocenters. The van der Waals surface area contributed by atoms with Gasteiger partial charge in [0, 0.05) is 0 Å². The smallest absolute Gasteiger partial charge is 0.0570 e. The quantitative estimate of drug-likeness (QED) is 0.372. The van der Waals surface area contributed by atoms with Gasteiger partial charge in [0.1, 0.15) is 0 Å². The summed E-state index contributed by atoms with van der Waals surface area (Å²) >= 11 is 0. The number of rotatable bonds is 8. The number of hydrogen-bond acceptors (Lipinski definition) is 4. The Morgan fingerprint density at radius 3 is 0.944 bits per heavy atom. The van der Waals surface area contributed by atoms with E-state index in [-0.39, 0.29) is 0 Å². The SMILES string of the molecule is CCCC(CCC)=NO.CCCC(CCC)=NO. The molecule has 0 aliphatic carbocycles. The molecule has 2 N–H and O–H groups in total. The minimum absolute atomic E-state index is 0.931. The van der Waals surface area contributed by atoms with Crippen LogP contribution >= 0.6 is 0 Å². The molecule has 0 amide bonds. The maximum atomic E-state index is 8.38. The maximum absolute atomic E-state index is 8.38. The van der Waals surface area contributed by atoms with E-state index in [0.717, 1.165) is 62.8 Å². The van der Waals surface area contributed by atoms with E-state index in [4.69, 9.17) is 10.4 Å². The molecule has 108 valence electrons. The van der Waals surface area contributed by atoms with Crippen molar-refractivity contribution in [2.45, 2.75) is 79.1 Å². The molecule has 0 aliphatic heterocycles. The maximum Gasteiger partial charge on any atom is 0.0570 e. The van der Waals surface area contributed by atoms with Crippen molar-refractivity contribution in [2.75, 3.05) is 0 Å². The lowest BCUT2D eigenvalue weighted by atomic mass is 10.1. The van der Waals surface area contributed by atoms with Gasteiger partial charge in [-0.2, -0.15) is 0 Å². The Hall–Kier alpha value is -1.06. The lowest BCUT2D eigenvalue weighted by Crippen LogP contribution is -1.95. The highest BCUT2D eigenvalue weighted by molar-refractivity contribution is 5.84. The Balaban J connectivity index is 0. The van der Waals surface area contributed by atoms with Crippen molar-refractivity contribution in [3.63, 3.8) is 0 Å². The van der Waals surface area contributed by atoms with Crippen LogP contribution in [0.15, 0.2) is 10.3 Å². The summed E-state index contributed by atoms with van der Waals surface area (Å²) in [5.74, 6) is 0. The summed E-state index contributed by atoms with van der Waals surface area (Å²) in [5.41, 5.74) is 1.86. The average molecular weight is 258 g/mol. The van der Waals surface area contributed by atoms with Crippen LogP contribution in [0.5, 0.6) is 0 Å². The molecule has 0 rings (SSSR count). The van der Waals surface area contributed by atoms with Crippen LogP contribution in [0, 0.1) is 0 Å². The van der Waals surface area contributed by atoms with Crippen molar-refractivity contribution in [3.8, 4) is 0 Å². The summed E-state index contributed by atoms with van der Waals surface area (Å²) in [4.78, 5) is 0. The Morgan fingerprint density at radius 2 is 0.833 bits per heavy atom. The van der Waals surface area contributed by atoms with Gasteiger partial charge in [0.2, 0.25) is 0 Å². The van der Waals surface area contributed by atoms with Gasteiger partial charge in [0.15, 0.2) is 0 Å². The molecular formula is C14H30N2O2. The summed E-state index contributed by atoms with van der Waals surface area (Å²) in [6.07, 6.45) is 8.01. The lowest BCUT2D eigenvalue weighted by Gasteiger charge is -1.97. The molecule has 0 saturated carbocycles. The molecule has 0 spiro atoms. The number of oxime groups is 2. The van der Waals surface area contributed by atoms with E-state index in [1.807, 2.05) is 0 Å². The van der Waals surface area contributed by atoms with E-state index in [0.29, 0.717) is 0 Å². The van der Waals surface area contributed by atoms with Crippen molar-refractivity contribution in [1.29, 1.82) is 0 Å². The second-order valence-corrected chi connectivity index (χ2v) is 4.33. The highest BCUT2D eigenvalue weighted by atomic mass is 16.4. The third-order valence-corrected chi connectivity index (χ3v) is 2.44. The zero-order valence-electron chi connectivity index (χ0n) is 12.4. The van der Waals surface area contributed by atoms with Gasteiger partial charge in [-0.25, -0.2) is 0 Å². The predicted molar refractivity (Wildman–Crippen MR) is 78.1 cm³/mol. The summed E-state index contributed by atoms with van der Waals surface area (Å²) in [6.45, 7) is 8.34. The Labute approximate surface area is 112 Å². The van der Waals surface area contributed by atoms with Gasteiger partial charge in [-0.15, -0.1) is 0 Å². The van der Waals surface area contributed by atoms with Gasteiger partial charge in [0.25, 0.3) is 0 Å². The molecule has 0 unspecified atom stereocenters. The van der Waals surface area contributed by atoms with Gasteiger partial charge >= 0.3 is 0 Å². The van der Waals surface area contributed by atoms with Crippen LogP contribution in [0.2, 0.25) is 0 Å². The van der Waals surface area contributed by atoms with E-state index in [9.17, 15) is 0 Å². The second kappa shape index (κ2) is 15.9. The molecule has 0 heterocycles. The first-order valence-corrected chi connectivity index (χ1v) is 7.09. The van der Waals surface area contributed by atoms with Gasteiger partial charge in [-0.1, -0.05) is 63.7 Å². The van der Waals surface area contributed by atoms with Crippen LogP contribution in [-0.4, -0.2) is 21.8 Å². The van der Waals surface area contributed by atoms with Crippen LogP contribution < -0.4 is 0 Å². The largest absolute Gasteiger partial charge is 0.411 e. The predicted octanol–water partition coefficient (Wildman–Crippen LogP) is 4.83. The van der Waals surface area contributed by atoms with Crippen LogP contribution in [0.3, 0.4) is 0 Å². The van der Waals surface area contributed by atoms with E-state index < -0.39 is 0 Å². The summed E-state index contributed by atoms with van der Waals surface area (Å²) < 4.78 is 0. The summed E-state index contributed by atoms with van der Waals surface area (Å²) in [5, 5.41) is 23.1. The van der Waals surface area contributed by atoms with Crippen molar-refractivity contribution >= 4 is 11.4 Å². The first-order valence-electron chi connectivity index (χ1n) is 7.09. The first kappa shape index (κ1) is 19.3. The molecule has 0 radical (unpaired) electrons. The van der Waals surface area contributed by atoms with Gasteiger partial charge in [-0.05, 0) is 25.7 Å². The Bertz CT molecular complexity index is 186. The third kappa shape index (κ3) is 13.0. The first-order chi connectivity index (χ1) is 8.69. The molecule has 0 saturated heterocycles. The van der Waals surface area contributed by atoms with E-state index in [2.05, 4.69) is 38.0 Å². The van der Waals surface area contributed by atoms with Crippen molar-refractivity contribution in [1.82, 2.24) is 0 Å². The minimum Gasteiger partial charge on any atom is -0.411 e. The van der Waals surface area contributed by atoms with Crippen LogP contribution in [0.4, 0.5) is 0 Å². The Kier molecular flexibility index (Phi) is 17.1. The fourth-order valence-electron chi connectivity index (χ4n) is 1.60. The molecule has 4 heteroatoms. The zero-order valence-corrected chi connectivity index (χ0v) is 12.4. The third-order valence-electron chi connectivity index (χ3n) is 2.44. The minimum atomic E-state index is 0.931. The molecule has 0 aliphatic rings. The van der Waals surface area contributed by atoms with E-state index in [1.54, 1.807) is 0 Å². The molecule has 0 aromatic carbocycles. The highest BCUT2D eigenvalue weighted by Crippen LogP contribution is 1.99. The number of hydrogen-bond donors (Lipinski definition) is 2. The molecule has 18 heavy (non-hydrogen) atoms. The van der Waals surface area contributed by atoms with Crippen LogP contribution in [-0.2, 0) is 0 Å². The monoisotopic (exact) mass is 258 g/mol. The molecule has 0 fully saturated rings. The van der Waals surface area contributed by atoms with Gasteiger partial charge in [-0.3, -0.25) is 0 Å². The van der Waals surface area contributed by atoms with Gasteiger partial charge < -0.3 is 10.4 Å². The highest BCUT2D eigenvalue weighted by Gasteiger charge is 1.95. The normalized spacial score (nSPS) is 9.11. The summed E-state index contributed by atoms with van der Waals surface area (Å²) in [6, 6.07) is 0. The molecule has 0 bridgehead atoms.